The van der Waals surface area contributed by atoms with E-state index in [9.17, 15) is 43.5 Å². The zero-order valence-electron chi connectivity index (χ0n) is 63.5. The Morgan fingerprint density at radius 2 is 0.786 bits per heavy atom. The number of nitrogens with one attached hydrogen (secondary N) is 4. The van der Waals surface area contributed by atoms with Crippen LogP contribution in [-0.2, 0) is 61.7 Å². The normalized spacial score (nSPS) is 24.0. The summed E-state index contributed by atoms with van der Waals surface area (Å²) in [6, 6.07) is 32.3. The number of halogens is 1. The Balaban J connectivity index is 0.000000360. The molecule has 0 saturated carbocycles. The van der Waals surface area contributed by atoms with Crippen molar-refractivity contribution in [2.24, 2.45) is 22.7 Å². The molecule has 0 amide bonds. The number of H-pyrrole nitrogens is 4. The van der Waals surface area contributed by atoms with Gasteiger partial charge in [-0.1, -0.05) is 127 Å². The Kier molecular flexibility index (Phi) is 43.7. The van der Waals surface area contributed by atoms with E-state index in [1.807, 2.05) is 95.3 Å². The number of nitrogens with two attached hydrogens (primary N) is 1. The van der Waals surface area contributed by atoms with E-state index in [1.165, 1.54) is 74.4 Å². The van der Waals surface area contributed by atoms with Crippen LogP contribution >= 0.6 is 11.6 Å². The van der Waals surface area contributed by atoms with Gasteiger partial charge in [0, 0.05) is 94.2 Å². The zero-order valence-corrected chi connectivity index (χ0v) is 66.2. The Hall–Kier alpha value is -7.82. The van der Waals surface area contributed by atoms with Crippen LogP contribution in [0, 0.1) is 11.8 Å². The average Bonchev–Trinajstić information content (AvgIpc) is 1.11. The minimum Gasteiger partial charge on any atom is -0.870 e. The maximum absolute atomic E-state index is 12.0. The molecule has 8 heterocycles. The molecule has 0 bridgehead atoms. The maximum Gasteiger partial charge on any atom is 1.00 e. The Bertz CT molecular complexity index is 4130. The van der Waals surface area contributed by atoms with Gasteiger partial charge in [0.25, 0.3) is 22.2 Å². The first kappa shape index (κ1) is 98.4. The number of methoxy groups -OCH3 is 5. The van der Waals surface area contributed by atoms with E-state index in [1.54, 1.807) is 28.4 Å². The second-order valence-corrected chi connectivity index (χ2v) is 25.7. The molecule has 0 spiro atoms. The summed E-state index contributed by atoms with van der Waals surface area (Å²) >= 11 is 7.17. The number of alkyl halides is 1. The Morgan fingerprint density at radius 1 is 0.473 bits per heavy atom. The Morgan fingerprint density at radius 3 is 1.12 bits per heavy atom. The van der Waals surface area contributed by atoms with E-state index in [0.29, 0.717) is 59.1 Å². The number of azide groups is 1. The van der Waals surface area contributed by atoms with Crippen LogP contribution in [0.4, 0.5) is 0 Å². The molecule has 37 heteroatoms. The van der Waals surface area contributed by atoms with Crippen molar-refractivity contribution in [3.8, 4) is 5.75 Å². The van der Waals surface area contributed by atoms with E-state index in [-0.39, 0.29) is 105 Å². The largest absolute Gasteiger partial charge is 1.00 e. The fourth-order valence-electron chi connectivity index (χ4n) is 12.7. The van der Waals surface area contributed by atoms with Crippen LogP contribution in [0.3, 0.4) is 0 Å². The van der Waals surface area contributed by atoms with Crippen molar-refractivity contribution in [2.45, 2.75) is 159 Å². The molecule has 35 nitrogen and oxygen atoms in total. The molecule has 112 heavy (non-hydrogen) atoms. The van der Waals surface area contributed by atoms with Crippen molar-refractivity contribution >= 4 is 11.6 Å². The second kappa shape index (κ2) is 49.7. The van der Waals surface area contributed by atoms with Gasteiger partial charge >= 0.3 is 52.3 Å². The third-order valence-electron chi connectivity index (χ3n) is 18.4. The molecule has 4 fully saturated rings. The van der Waals surface area contributed by atoms with Crippen LogP contribution in [-0.4, -0.2) is 205 Å². The van der Waals surface area contributed by atoms with Crippen molar-refractivity contribution in [3.05, 3.63) is 244 Å². The predicted octanol–water partition coefficient (Wildman–Crippen LogP) is 2.69. The molecule has 11 rings (SSSR count). The molecule has 4 aliphatic rings. The standard InChI is InChI=1S/C20H17ClO.C14H22N2O5.C13H19N5O5.C13H21N3O5.C13H20N2O6.2CH4.Na.H2O/c1-22-19-14-12-18(13-15-19)20(21,16-8-4-2-5-9-16)17-10-6-3-7-11-17;1-4-10-9(2)12(20-8-7-19-3)13(21-10)16-6-5-11(17)15-14(16)18;1-3-8-10(16-17-14)11(22-7-6-21-2)12(23-8)18-5-4-9(19)15-13(18)20;1-3-8-10(14)11(20-7-6-19-2)12(21-8)16-5-4-9(17)15-13(16)18;1-8-9(7-16)21-12(11(8)20-6-5-19-2)15-4-3-10(17)14-13(15)18;;;;/h2-15H,1H3;5-6,9-10,12-13H,4,7-8H2,1-3H3,(H,15,17,18);4-5,8,10-12H,3,6-7H2,1-2H3,(H,15,19,20);4-5,8,10-12H,3,6-7,14H2,1-2H3,(H,15,17,18);3-4,8-9,11-12,16H,5-7H2,1-2H3,(H,14,17,18);2*1H4;;1H2/q;;;;;;;+1;/p-1/t;9-,10-,12-,13-;2*8-,10-,11-,12-;8-,9-,11-,12-;;;;/m.1111..../s1. The molecule has 0 aliphatic carbocycles. The van der Waals surface area contributed by atoms with Crippen LogP contribution in [0.15, 0.2) is 177 Å². The van der Waals surface area contributed by atoms with Gasteiger partial charge in [0.15, 0.2) is 24.9 Å². The number of nitrogens with zero attached hydrogens (tertiary/aromatic N) is 7. The molecule has 614 valence electrons. The Labute approximate surface area is 675 Å². The first-order valence-corrected chi connectivity index (χ1v) is 35.6. The van der Waals surface area contributed by atoms with Crippen LogP contribution in [0.25, 0.3) is 10.4 Å². The zero-order chi connectivity index (χ0) is 78.5. The average molecular weight is 1600 g/mol. The maximum atomic E-state index is 12.0. The number of rotatable bonds is 29. The topological polar surface area (TPSA) is 464 Å². The predicted molar refractivity (Wildman–Crippen MR) is 412 cm³/mol. The minimum absolute atomic E-state index is 0. The van der Waals surface area contributed by atoms with E-state index in [0.717, 1.165) is 28.9 Å². The molecular formula is C75H108ClN12NaO23. The third-order valence-corrected chi connectivity index (χ3v) is 19.1. The van der Waals surface area contributed by atoms with Gasteiger partial charge in [-0.05, 0) is 53.6 Å². The molecule has 3 aromatic carbocycles. The molecule has 0 unspecified atom stereocenters. The molecule has 4 aliphatic heterocycles. The van der Waals surface area contributed by atoms with Gasteiger partial charge in [0.05, 0.1) is 103 Å². The molecule has 4 aromatic heterocycles. The van der Waals surface area contributed by atoms with E-state index in [2.05, 4.69) is 54.2 Å². The van der Waals surface area contributed by atoms with Crippen molar-refractivity contribution in [1.82, 2.24) is 38.2 Å². The fourth-order valence-corrected chi connectivity index (χ4v) is 13.1. The van der Waals surface area contributed by atoms with E-state index in [4.69, 9.17) is 84.4 Å². The molecule has 8 N–H and O–H groups in total. The number of aliphatic hydroxyl groups is 1. The van der Waals surface area contributed by atoms with Crippen LogP contribution in [0.2, 0.25) is 0 Å². The van der Waals surface area contributed by atoms with Crippen molar-refractivity contribution in [1.29, 1.82) is 0 Å². The first-order chi connectivity index (χ1) is 52.1. The summed E-state index contributed by atoms with van der Waals surface area (Å²) in [5.41, 5.74) is 14.0. The van der Waals surface area contributed by atoms with Crippen LogP contribution in [0.5, 0.6) is 5.75 Å². The van der Waals surface area contributed by atoms with Crippen LogP contribution < -0.4 is 85.0 Å². The monoisotopic (exact) mass is 1600 g/mol. The molecule has 4 saturated heterocycles. The van der Waals surface area contributed by atoms with Gasteiger partial charge in [-0.25, -0.2) is 19.2 Å². The third kappa shape index (κ3) is 25.8. The van der Waals surface area contributed by atoms with Gasteiger partial charge < -0.3 is 77.9 Å². The van der Waals surface area contributed by atoms with Crippen molar-refractivity contribution in [3.63, 3.8) is 0 Å². The van der Waals surface area contributed by atoms with Crippen molar-refractivity contribution < 1.29 is 102 Å². The number of ether oxygens (including phenoxy) is 13. The second-order valence-electron chi connectivity index (χ2n) is 25.2. The number of aromatic amines is 4. The number of aliphatic hydroxyl groups excluding tert-OH is 1. The smallest absolute Gasteiger partial charge is 0.870 e. The van der Waals surface area contributed by atoms with E-state index < -0.39 is 105 Å². The summed E-state index contributed by atoms with van der Waals surface area (Å²) in [5.74, 6) is 0.871. The minimum atomic E-state index is -0.795. The summed E-state index contributed by atoms with van der Waals surface area (Å²) in [6.45, 7) is 12.7. The summed E-state index contributed by atoms with van der Waals surface area (Å²) in [4.78, 5) is 103. The molecule has 16 atom stereocenters. The van der Waals surface area contributed by atoms with Crippen molar-refractivity contribution in [2.75, 3.05) is 95.0 Å². The summed E-state index contributed by atoms with van der Waals surface area (Å²) in [6.07, 6.45) is 2.17. The quantitative estimate of drug-likeness (QED) is 0.00746. The number of hydrogen-bond donors (Lipinski definition) is 6. The fraction of sp³-hybridized carbons (Fsp3) is 0.547. The molecular weight excluding hydrogens is 1500 g/mol. The summed E-state index contributed by atoms with van der Waals surface area (Å²) in [5, 5.41) is 13.1. The van der Waals surface area contributed by atoms with Gasteiger partial charge in [0.2, 0.25) is 0 Å². The number of hydrogen-bond acceptors (Lipinski definition) is 25. The SMILES string of the molecule is C.C.CC[C@H]1O[C@@H](n2ccc(=O)[nH]c2=O)[C@H](OCCOC)[C@@H]1C.CC[C@H]1O[C@@H](n2ccc(=O)[nH]c2=O)[C@H](OCCOC)[C@@H]1N.CC[C@H]1O[C@@H](n2ccc(=O)[nH]c2=O)[C@H](OCCOC)[C@@H]1N=[N+]=[N-].COCCO[C@@H]1[C@H](C)[C@@H](CO)O[C@H]1n1ccc(=O)[nH]c1=O.COc1ccc(C(Cl)(c2ccccc2)c2ccccc2)cc1.[Na+].[OH-]. The molecule has 7 aromatic rings. The summed E-state index contributed by atoms with van der Waals surface area (Å²) < 4.78 is 76.6. The van der Waals surface area contributed by atoms with Gasteiger partial charge in [-0.15, -0.1) is 11.6 Å². The van der Waals surface area contributed by atoms with Gasteiger partial charge in [-0.3, -0.25) is 57.4 Å². The number of benzene rings is 3. The molecule has 0 radical (unpaired) electrons. The van der Waals surface area contributed by atoms with Gasteiger partial charge in [0.1, 0.15) is 35.0 Å². The van der Waals surface area contributed by atoms with E-state index >= 15 is 0 Å². The number of aromatic nitrogens is 8. The first-order valence-electron chi connectivity index (χ1n) is 35.3. The van der Waals surface area contributed by atoms with Crippen LogP contribution in [0.1, 0.15) is 110 Å². The summed E-state index contributed by atoms with van der Waals surface area (Å²) in [7, 11) is 7.96. The van der Waals surface area contributed by atoms with Gasteiger partial charge in [-0.2, -0.15) is 0 Å².